The molecular weight excluding hydrogens is 205 g/mol. The van der Waals surface area contributed by atoms with Crippen LogP contribution in [0.25, 0.3) is 0 Å². The molecule has 0 amide bonds. The third kappa shape index (κ3) is 2.95. The van der Waals surface area contributed by atoms with Crippen molar-refractivity contribution in [2.75, 3.05) is 25.1 Å². The second kappa shape index (κ2) is 5.30. The van der Waals surface area contributed by atoms with Gasteiger partial charge in [0, 0.05) is 18.8 Å². The van der Waals surface area contributed by atoms with Crippen LogP contribution in [-0.4, -0.2) is 19.8 Å². The first-order chi connectivity index (χ1) is 7.75. The minimum Gasteiger partial charge on any atom is -0.385 e. The van der Waals surface area contributed by atoms with Gasteiger partial charge in [0.15, 0.2) is 0 Å². The average Bonchev–Trinajstić information content (AvgIpc) is 2.32. The number of halogens is 1. The first-order valence-corrected chi connectivity index (χ1v) is 5.83. The van der Waals surface area contributed by atoms with E-state index in [0.29, 0.717) is 11.5 Å². The minimum atomic E-state index is -0.147. The van der Waals surface area contributed by atoms with Crippen molar-refractivity contribution in [1.29, 1.82) is 0 Å². The lowest BCUT2D eigenvalue weighted by atomic mass is 10.0. The molecule has 16 heavy (non-hydrogen) atoms. The molecule has 3 heteroatoms. The van der Waals surface area contributed by atoms with Gasteiger partial charge in [-0.25, -0.2) is 4.39 Å². The van der Waals surface area contributed by atoms with Crippen LogP contribution in [0.3, 0.4) is 0 Å². The van der Waals surface area contributed by atoms with Gasteiger partial charge in [-0.05, 0) is 49.4 Å². The fourth-order valence-corrected chi connectivity index (χ4v) is 1.99. The van der Waals surface area contributed by atoms with Crippen molar-refractivity contribution in [2.45, 2.75) is 19.8 Å². The van der Waals surface area contributed by atoms with Gasteiger partial charge in [0.05, 0.1) is 6.61 Å². The fourth-order valence-electron chi connectivity index (χ4n) is 1.99. The molecule has 1 saturated heterocycles. The van der Waals surface area contributed by atoms with Crippen LogP contribution in [-0.2, 0) is 4.74 Å². The summed E-state index contributed by atoms with van der Waals surface area (Å²) in [4.78, 5) is 0. The standard InChI is InChI=1S/C13H18FNO/c1-10-7-12(4-5-13(10)14)15-8-11-3-2-6-16-9-11/h4-5,7,11,15H,2-3,6,8-9H2,1H3. The lowest BCUT2D eigenvalue weighted by molar-refractivity contribution is 0.0595. The van der Waals surface area contributed by atoms with E-state index in [4.69, 9.17) is 4.74 Å². The van der Waals surface area contributed by atoms with E-state index in [2.05, 4.69) is 5.32 Å². The number of anilines is 1. The summed E-state index contributed by atoms with van der Waals surface area (Å²) in [5.74, 6) is 0.436. The van der Waals surface area contributed by atoms with Crippen LogP contribution in [0.15, 0.2) is 18.2 Å². The minimum absolute atomic E-state index is 0.147. The van der Waals surface area contributed by atoms with Gasteiger partial charge in [-0.2, -0.15) is 0 Å². The number of hydrogen-bond donors (Lipinski definition) is 1. The van der Waals surface area contributed by atoms with Crippen molar-refractivity contribution in [3.63, 3.8) is 0 Å². The molecule has 1 aliphatic rings. The van der Waals surface area contributed by atoms with Gasteiger partial charge in [-0.1, -0.05) is 0 Å². The SMILES string of the molecule is Cc1cc(NCC2CCCOC2)ccc1F. The van der Waals surface area contributed by atoms with E-state index in [0.717, 1.165) is 31.9 Å². The van der Waals surface area contributed by atoms with Crippen molar-refractivity contribution in [1.82, 2.24) is 0 Å². The van der Waals surface area contributed by atoms with Gasteiger partial charge in [-0.15, -0.1) is 0 Å². The molecule has 0 aliphatic carbocycles. The zero-order valence-corrected chi connectivity index (χ0v) is 9.63. The third-order valence-electron chi connectivity index (χ3n) is 3.01. The second-order valence-electron chi connectivity index (χ2n) is 4.43. The molecule has 1 atom stereocenters. The van der Waals surface area contributed by atoms with Gasteiger partial charge in [0.25, 0.3) is 0 Å². The maximum Gasteiger partial charge on any atom is 0.126 e. The summed E-state index contributed by atoms with van der Waals surface area (Å²) < 4.78 is 18.5. The van der Waals surface area contributed by atoms with Crippen LogP contribution in [0.2, 0.25) is 0 Å². The van der Waals surface area contributed by atoms with E-state index in [-0.39, 0.29) is 5.82 Å². The highest BCUT2D eigenvalue weighted by molar-refractivity contribution is 5.45. The highest BCUT2D eigenvalue weighted by Crippen LogP contribution is 2.17. The monoisotopic (exact) mass is 223 g/mol. The zero-order valence-electron chi connectivity index (χ0n) is 9.63. The van der Waals surface area contributed by atoms with Gasteiger partial charge in [0.1, 0.15) is 5.82 Å². The van der Waals surface area contributed by atoms with Crippen LogP contribution < -0.4 is 5.32 Å². The molecule has 1 aromatic rings. The van der Waals surface area contributed by atoms with Gasteiger partial charge < -0.3 is 10.1 Å². The molecular formula is C13H18FNO. The van der Waals surface area contributed by atoms with Crippen molar-refractivity contribution in [3.05, 3.63) is 29.6 Å². The summed E-state index contributed by atoms with van der Waals surface area (Å²) in [6.07, 6.45) is 2.36. The van der Waals surface area contributed by atoms with E-state index in [1.54, 1.807) is 13.0 Å². The number of rotatable bonds is 3. The smallest absolute Gasteiger partial charge is 0.126 e. The Labute approximate surface area is 95.8 Å². The van der Waals surface area contributed by atoms with Gasteiger partial charge >= 0.3 is 0 Å². The Bertz CT molecular complexity index is 348. The van der Waals surface area contributed by atoms with Crippen molar-refractivity contribution >= 4 is 5.69 Å². The lowest BCUT2D eigenvalue weighted by Crippen LogP contribution is -2.24. The number of aryl methyl sites for hydroxylation is 1. The summed E-state index contributed by atoms with van der Waals surface area (Å²) in [5, 5.41) is 3.34. The normalized spacial score (nSPS) is 20.8. The van der Waals surface area contributed by atoms with E-state index >= 15 is 0 Å². The van der Waals surface area contributed by atoms with E-state index < -0.39 is 0 Å². The van der Waals surface area contributed by atoms with Crippen LogP contribution >= 0.6 is 0 Å². The molecule has 0 bridgehead atoms. The summed E-state index contributed by atoms with van der Waals surface area (Å²) in [6.45, 7) is 4.43. The number of ether oxygens (including phenoxy) is 1. The van der Waals surface area contributed by atoms with Crippen LogP contribution in [0.4, 0.5) is 10.1 Å². The second-order valence-corrected chi connectivity index (χ2v) is 4.43. The van der Waals surface area contributed by atoms with E-state index in [1.807, 2.05) is 6.07 Å². The molecule has 0 spiro atoms. The highest BCUT2D eigenvalue weighted by atomic mass is 19.1. The van der Waals surface area contributed by atoms with Crippen molar-refractivity contribution in [2.24, 2.45) is 5.92 Å². The van der Waals surface area contributed by atoms with Gasteiger partial charge in [0.2, 0.25) is 0 Å². The zero-order chi connectivity index (χ0) is 11.4. The number of hydrogen-bond acceptors (Lipinski definition) is 2. The molecule has 1 aliphatic heterocycles. The van der Waals surface area contributed by atoms with Gasteiger partial charge in [-0.3, -0.25) is 0 Å². The topological polar surface area (TPSA) is 21.3 Å². The molecule has 1 N–H and O–H groups in total. The molecule has 2 rings (SSSR count). The Morgan fingerprint density at radius 1 is 1.50 bits per heavy atom. The first kappa shape index (κ1) is 11.4. The Morgan fingerprint density at radius 3 is 3.06 bits per heavy atom. The Hall–Kier alpha value is -1.09. The fraction of sp³-hybridized carbons (Fsp3) is 0.538. The maximum atomic E-state index is 13.0. The molecule has 1 unspecified atom stereocenters. The molecule has 0 saturated carbocycles. The molecule has 0 radical (unpaired) electrons. The van der Waals surface area contributed by atoms with Crippen LogP contribution in [0.5, 0.6) is 0 Å². The first-order valence-electron chi connectivity index (χ1n) is 5.83. The predicted molar refractivity (Wildman–Crippen MR) is 63.2 cm³/mol. The average molecular weight is 223 g/mol. The third-order valence-corrected chi connectivity index (χ3v) is 3.01. The van der Waals surface area contributed by atoms with E-state index in [9.17, 15) is 4.39 Å². The Morgan fingerprint density at radius 2 is 2.38 bits per heavy atom. The summed E-state index contributed by atoms with van der Waals surface area (Å²) in [6, 6.07) is 5.14. The molecule has 1 fully saturated rings. The molecule has 2 nitrogen and oxygen atoms in total. The summed E-state index contributed by atoms with van der Waals surface area (Å²) in [7, 11) is 0. The molecule has 88 valence electrons. The largest absolute Gasteiger partial charge is 0.385 e. The summed E-state index contributed by atoms with van der Waals surface area (Å²) >= 11 is 0. The molecule has 0 aromatic heterocycles. The highest BCUT2D eigenvalue weighted by Gasteiger charge is 2.13. The van der Waals surface area contributed by atoms with Crippen LogP contribution in [0.1, 0.15) is 18.4 Å². The predicted octanol–water partition coefficient (Wildman–Crippen LogP) is 2.97. The van der Waals surface area contributed by atoms with Crippen molar-refractivity contribution < 1.29 is 9.13 Å². The summed E-state index contributed by atoms with van der Waals surface area (Å²) in [5.41, 5.74) is 1.68. The lowest BCUT2D eigenvalue weighted by Gasteiger charge is -2.22. The number of benzene rings is 1. The van der Waals surface area contributed by atoms with Crippen LogP contribution in [0, 0.1) is 18.7 Å². The Kier molecular flexibility index (Phi) is 3.78. The number of nitrogens with one attached hydrogen (secondary N) is 1. The molecule has 1 heterocycles. The molecule has 1 aromatic carbocycles. The van der Waals surface area contributed by atoms with E-state index in [1.165, 1.54) is 12.5 Å². The maximum absolute atomic E-state index is 13.0. The van der Waals surface area contributed by atoms with Crippen molar-refractivity contribution in [3.8, 4) is 0 Å². The quantitative estimate of drug-likeness (QED) is 0.850. The Balaban J connectivity index is 1.86.